The van der Waals surface area contributed by atoms with Gasteiger partial charge in [-0.15, -0.1) is 0 Å². The summed E-state index contributed by atoms with van der Waals surface area (Å²) in [6.07, 6.45) is 7.83. The van der Waals surface area contributed by atoms with Crippen LogP contribution in [0.2, 0.25) is 0 Å². The number of rotatable bonds is 13. The van der Waals surface area contributed by atoms with Crippen LogP contribution in [0.25, 0.3) is 0 Å². The van der Waals surface area contributed by atoms with Gasteiger partial charge in [0.25, 0.3) is 0 Å². The average Bonchev–Trinajstić information content (AvgIpc) is 2.68. The molecule has 0 fully saturated rings. The number of hydrogen-bond acceptors (Lipinski definition) is 0. The van der Waals surface area contributed by atoms with Crippen LogP contribution in [0.3, 0.4) is 0 Å². The average molecular weight is 436 g/mol. The second-order valence-electron chi connectivity index (χ2n) is 10.4. The predicted molar refractivity (Wildman–Crippen MR) is 136 cm³/mol. The Kier molecular flexibility index (Phi) is 10.8. The molecule has 0 radical (unpaired) electrons. The summed E-state index contributed by atoms with van der Waals surface area (Å²) in [5, 5.41) is 0. The third-order valence-electron chi connectivity index (χ3n) is 7.69. The molecule has 0 saturated heterocycles. The van der Waals surface area contributed by atoms with Gasteiger partial charge in [-0.1, -0.05) is 97.1 Å². The van der Waals surface area contributed by atoms with Crippen LogP contribution < -0.4 is 10.9 Å². The van der Waals surface area contributed by atoms with E-state index in [0.717, 1.165) is 49.7 Å². The number of unbranched alkanes of at least 4 members (excludes halogenated alkanes) is 4. The maximum absolute atomic E-state index is 14.0. The summed E-state index contributed by atoms with van der Waals surface area (Å²) >= 11 is 0. The van der Waals surface area contributed by atoms with E-state index in [1.165, 1.54) is 32.1 Å². The normalized spacial score (nSPS) is 14.6. The fourth-order valence-corrected chi connectivity index (χ4v) is 5.43. The van der Waals surface area contributed by atoms with Crippen LogP contribution in [-0.4, -0.2) is 15.7 Å². The van der Waals surface area contributed by atoms with E-state index >= 15 is 0 Å². The Balaban J connectivity index is 3.56. The summed E-state index contributed by atoms with van der Waals surface area (Å²) in [4.78, 5) is 0. The van der Waals surface area contributed by atoms with Gasteiger partial charge in [0.15, 0.2) is 0 Å². The highest BCUT2D eigenvalue weighted by molar-refractivity contribution is 6.40. The number of hydrogen-bond donors (Lipinski definition) is 0. The highest BCUT2D eigenvalue weighted by Gasteiger charge is 2.39. The highest BCUT2D eigenvalue weighted by Crippen LogP contribution is 2.40. The molecular weight excluding hydrogens is 391 g/mol. The largest absolute Gasteiger partial charge is 0.415 e. The first kappa shape index (κ1) is 28.2. The molecule has 0 nitrogen and oxygen atoms in total. The van der Waals surface area contributed by atoms with E-state index in [1.807, 2.05) is 6.07 Å². The molecule has 0 aromatic heterocycles. The Bertz CT molecular complexity index is 693. The first-order valence-electron chi connectivity index (χ1n) is 12.6. The van der Waals surface area contributed by atoms with Crippen molar-refractivity contribution in [2.45, 2.75) is 124 Å². The molecule has 0 saturated carbocycles. The van der Waals surface area contributed by atoms with Gasteiger partial charge in [-0.05, 0) is 54.1 Å². The molecule has 1 aromatic carbocycles. The minimum Gasteiger partial charge on any atom is -0.166 e. The molecule has 176 valence electrons. The lowest BCUT2D eigenvalue weighted by atomic mass is 9.63. The van der Waals surface area contributed by atoms with Crippen LogP contribution in [0.5, 0.6) is 0 Å². The second-order valence-corrected chi connectivity index (χ2v) is 10.4. The van der Waals surface area contributed by atoms with Crippen LogP contribution in [0.15, 0.2) is 6.07 Å². The van der Waals surface area contributed by atoms with Crippen LogP contribution in [0, 0.1) is 5.41 Å². The molecule has 0 spiro atoms. The smallest absolute Gasteiger partial charge is 0.166 e. The van der Waals surface area contributed by atoms with E-state index in [4.69, 9.17) is 0 Å². The molecule has 31 heavy (non-hydrogen) atoms. The van der Waals surface area contributed by atoms with Crippen molar-refractivity contribution in [3.8, 4) is 0 Å². The van der Waals surface area contributed by atoms with Gasteiger partial charge in [0.1, 0.15) is 15.7 Å². The third-order valence-corrected chi connectivity index (χ3v) is 7.69. The molecule has 0 amide bonds. The van der Waals surface area contributed by atoms with Gasteiger partial charge < -0.3 is 0 Å². The summed E-state index contributed by atoms with van der Waals surface area (Å²) in [6, 6.07) is 1.88. The SMILES string of the molecule is Bc1cc(CC(C)(CCCC)CCCCCC)c(C(C)(CC)CC)c(B)c1C(F)(F)F. The molecule has 1 atom stereocenters. The number of benzene rings is 1. The molecule has 5 heteroatoms. The first-order chi connectivity index (χ1) is 14.4. The van der Waals surface area contributed by atoms with Crippen molar-refractivity contribution in [3.05, 3.63) is 22.8 Å². The van der Waals surface area contributed by atoms with Crippen molar-refractivity contribution >= 4 is 26.6 Å². The van der Waals surface area contributed by atoms with Crippen molar-refractivity contribution in [2.75, 3.05) is 0 Å². The zero-order valence-electron chi connectivity index (χ0n) is 21.5. The molecule has 0 N–H and O–H groups in total. The minimum atomic E-state index is -4.31. The fraction of sp³-hybridized carbons (Fsp3) is 0.769. The van der Waals surface area contributed by atoms with Gasteiger partial charge in [0.05, 0.1) is 0 Å². The van der Waals surface area contributed by atoms with Gasteiger partial charge in [0.2, 0.25) is 0 Å². The van der Waals surface area contributed by atoms with E-state index < -0.39 is 11.7 Å². The molecular formula is C26H45B2F3. The second kappa shape index (κ2) is 11.8. The van der Waals surface area contributed by atoms with Crippen LogP contribution in [0.4, 0.5) is 13.2 Å². The zero-order valence-corrected chi connectivity index (χ0v) is 21.5. The van der Waals surface area contributed by atoms with Crippen LogP contribution >= 0.6 is 0 Å². The molecule has 0 heterocycles. The Hall–Kier alpha value is -0.860. The van der Waals surface area contributed by atoms with E-state index in [9.17, 15) is 13.2 Å². The van der Waals surface area contributed by atoms with E-state index in [-0.39, 0.29) is 10.8 Å². The van der Waals surface area contributed by atoms with Crippen LogP contribution in [-0.2, 0) is 18.0 Å². The Labute approximate surface area is 192 Å². The molecule has 0 aliphatic rings. The maximum Gasteiger partial charge on any atom is 0.415 e. The fourth-order valence-electron chi connectivity index (χ4n) is 5.43. The summed E-state index contributed by atoms with van der Waals surface area (Å²) in [5.41, 5.74) is 2.44. The van der Waals surface area contributed by atoms with E-state index in [0.29, 0.717) is 10.9 Å². The molecule has 1 unspecified atom stereocenters. The summed E-state index contributed by atoms with van der Waals surface area (Å²) in [6.45, 7) is 13.2. The lowest BCUT2D eigenvalue weighted by Gasteiger charge is -2.38. The number of halogens is 3. The summed E-state index contributed by atoms with van der Waals surface area (Å²) < 4.78 is 41.9. The molecule has 0 bridgehead atoms. The monoisotopic (exact) mass is 436 g/mol. The molecule has 1 rings (SSSR count). The Morgan fingerprint density at radius 2 is 1.32 bits per heavy atom. The topological polar surface area (TPSA) is 0 Å². The molecule has 0 aliphatic carbocycles. The van der Waals surface area contributed by atoms with Crippen molar-refractivity contribution in [3.63, 3.8) is 0 Å². The third kappa shape index (κ3) is 7.32. The minimum absolute atomic E-state index is 0.138. The van der Waals surface area contributed by atoms with E-state index in [1.54, 1.807) is 15.7 Å². The van der Waals surface area contributed by atoms with Crippen LogP contribution in [0.1, 0.15) is 122 Å². The van der Waals surface area contributed by atoms with Gasteiger partial charge >= 0.3 is 6.18 Å². The van der Waals surface area contributed by atoms with Gasteiger partial charge in [-0.3, -0.25) is 0 Å². The number of alkyl halides is 3. The zero-order chi connectivity index (χ0) is 23.9. The lowest BCUT2D eigenvalue weighted by Crippen LogP contribution is -2.40. The van der Waals surface area contributed by atoms with Crippen molar-refractivity contribution in [1.29, 1.82) is 0 Å². The molecule has 1 aromatic rings. The van der Waals surface area contributed by atoms with Crippen molar-refractivity contribution in [1.82, 2.24) is 0 Å². The standard InChI is InChI=1S/C26H45B2F3/c1-7-11-13-14-16-24(5,15-12-8-2)18-19-17-20(27)22(26(29,30)31)23(28)21(19)25(6,9-3)10-4/h17H,7-16,18,27-28H2,1-6H3. The Morgan fingerprint density at radius 3 is 1.81 bits per heavy atom. The summed E-state index contributed by atoms with van der Waals surface area (Å²) in [5.74, 6) is 0. The maximum atomic E-state index is 14.0. The van der Waals surface area contributed by atoms with Crippen molar-refractivity contribution in [2.24, 2.45) is 5.41 Å². The van der Waals surface area contributed by atoms with E-state index in [2.05, 4.69) is 41.5 Å². The summed E-state index contributed by atoms with van der Waals surface area (Å²) in [7, 11) is 3.35. The Morgan fingerprint density at radius 1 is 0.774 bits per heavy atom. The first-order valence-corrected chi connectivity index (χ1v) is 12.6. The van der Waals surface area contributed by atoms with Gasteiger partial charge in [-0.2, -0.15) is 13.2 Å². The lowest BCUT2D eigenvalue weighted by molar-refractivity contribution is -0.135. The molecule has 0 aliphatic heterocycles. The quantitative estimate of drug-likeness (QED) is 0.263. The predicted octanol–water partition coefficient (Wildman–Crippen LogP) is 6.01. The van der Waals surface area contributed by atoms with Gasteiger partial charge in [0, 0.05) is 5.56 Å². The van der Waals surface area contributed by atoms with Gasteiger partial charge in [-0.25, -0.2) is 0 Å². The van der Waals surface area contributed by atoms with Crippen molar-refractivity contribution < 1.29 is 13.2 Å². The highest BCUT2D eigenvalue weighted by atomic mass is 19.4.